The molecule has 1 atom stereocenters. The molecular weight excluding hydrogens is 222 g/mol. The second-order valence-corrected chi connectivity index (χ2v) is 4.75. The zero-order chi connectivity index (χ0) is 12.2. The number of hydrogen-bond acceptors (Lipinski definition) is 2. The van der Waals surface area contributed by atoms with E-state index < -0.39 is 5.60 Å². The average Bonchev–Trinajstić information content (AvgIpc) is 2.22. The minimum Gasteiger partial charge on any atom is -0.385 e. The molecule has 2 N–H and O–H groups in total. The van der Waals surface area contributed by atoms with Gasteiger partial charge in [0.05, 0.1) is 5.60 Å². The van der Waals surface area contributed by atoms with Crippen LogP contribution in [-0.4, -0.2) is 18.2 Å². The van der Waals surface area contributed by atoms with Gasteiger partial charge in [0.2, 0.25) is 0 Å². The fraction of sp³-hybridized carbons (Fsp3) is 0.538. The minimum atomic E-state index is -0.820. The summed E-state index contributed by atoms with van der Waals surface area (Å²) in [5.74, 6) is 0. The van der Waals surface area contributed by atoms with E-state index in [4.69, 9.17) is 11.6 Å². The fourth-order valence-corrected chi connectivity index (χ4v) is 1.76. The largest absolute Gasteiger partial charge is 0.385 e. The van der Waals surface area contributed by atoms with Crippen LogP contribution in [0.15, 0.2) is 18.2 Å². The zero-order valence-corrected chi connectivity index (χ0v) is 10.9. The van der Waals surface area contributed by atoms with Crippen molar-refractivity contribution in [2.24, 2.45) is 0 Å². The molecule has 0 radical (unpaired) electrons. The molecule has 1 aromatic rings. The molecule has 1 unspecified atom stereocenters. The maximum absolute atomic E-state index is 10.3. The van der Waals surface area contributed by atoms with Crippen molar-refractivity contribution in [3.8, 4) is 0 Å². The standard InChI is InChI=1S/C13H20ClNO/c1-4-15-8-7-13(3,16)11-6-5-10(2)12(14)9-11/h5-6,9,15-16H,4,7-8H2,1-3H3. The number of halogens is 1. The molecule has 0 aromatic heterocycles. The van der Waals surface area contributed by atoms with Crippen LogP contribution in [0, 0.1) is 6.92 Å². The molecule has 0 aliphatic heterocycles. The van der Waals surface area contributed by atoms with Crippen molar-refractivity contribution in [2.75, 3.05) is 13.1 Å². The molecule has 0 fully saturated rings. The van der Waals surface area contributed by atoms with E-state index in [9.17, 15) is 5.11 Å². The maximum atomic E-state index is 10.3. The molecule has 0 saturated heterocycles. The van der Waals surface area contributed by atoms with Crippen molar-refractivity contribution in [2.45, 2.75) is 32.8 Å². The van der Waals surface area contributed by atoms with Crippen LogP contribution in [0.5, 0.6) is 0 Å². The Morgan fingerprint density at radius 1 is 1.44 bits per heavy atom. The minimum absolute atomic E-state index is 0.681. The van der Waals surface area contributed by atoms with E-state index in [1.807, 2.05) is 32.0 Å². The van der Waals surface area contributed by atoms with Gasteiger partial charge in [-0.1, -0.05) is 30.7 Å². The summed E-state index contributed by atoms with van der Waals surface area (Å²) in [5, 5.41) is 14.2. The second kappa shape index (κ2) is 5.67. The molecule has 90 valence electrons. The molecule has 0 bridgehead atoms. The Kier molecular flexibility index (Phi) is 4.78. The van der Waals surface area contributed by atoms with Gasteiger partial charge in [0.15, 0.2) is 0 Å². The normalized spacial score (nSPS) is 14.8. The third-order valence-corrected chi connectivity index (χ3v) is 3.24. The highest BCUT2D eigenvalue weighted by atomic mass is 35.5. The smallest absolute Gasteiger partial charge is 0.0881 e. The summed E-state index contributed by atoms with van der Waals surface area (Å²) in [7, 11) is 0. The van der Waals surface area contributed by atoms with Crippen molar-refractivity contribution in [1.82, 2.24) is 5.32 Å². The van der Waals surface area contributed by atoms with Gasteiger partial charge >= 0.3 is 0 Å². The fourth-order valence-electron chi connectivity index (χ4n) is 1.58. The Labute approximate surface area is 103 Å². The average molecular weight is 242 g/mol. The van der Waals surface area contributed by atoms with E-state index in [-0.39, 0.29) is 0 Å². The van der Waals surface area contributed by atoms with Gasteiger partial charge in [0.25, 0.3) is 0 Å². The zero-order valence-electron chi connectivity index (χ0n) is 10.2. The molecule has 0 aliphatic rings. The van der Waals surface area contributed by atoms with E-state index in [0.29, 0.717) is 11.4 Å². The van der Waals surface area contributed by atoms with Gasteiger partial charge in [0.1, 0.15) is 0 Å². The Morgan fingerprint density at radius 2 is 2.12 bits per heavy atom. The van der Waals surface area contributed by atoms with Gasteiger partial charge in [-0.15, -0.1) is 0 Å². The summed E-state index contributed by atoms with van der Waals surface area (Å²) in [5.41, 5.74) is 1.09. The van der Waals surface area contributed by atoms with Crippen LogP contribution < -0.4 is 5.32 Å². The molecule has 1 rings (SSSR count). The molecule has 0 saturated carbocycles. The van der Waals surface area contributed by atoms with Gasteiger partial charge in [-0.25, -0.2) is 0 Å². The number of aryl methyl sites for hydroxylation is 1. The van der Waals surface area contributed by atoms with Crippen LogP contribution in [0.4, 0.5) is 0 Å². The van der Waals surface area contributed by atoms with E-state index in [1.165, 1.54) is 0 Å². The van der Waals surface area contributed by atoms with Gasteiger partial charge in [-0.3, -0.25) is 0 Å². The highest BCUT2D eigenvalue weighted by molar-refractivity contribution is 6.31. The van der Waals surface area contributed by atoms with E-state index in [2.05, 4.69) is 12.2 Å². The summed E-state index contributed by atoms with van der Waals surface area (Å²) < 4.78 is 0. The van der Waals surface area contributed by atoms with E-state index >= 15 is 0 Å². The lowest BCUT2D eigenvalue weighted by atomic mass is 9.92. The lowest BCUT2D eigenvalue weighted by Crippen LogP contribution is -2.27. The summed E-state index contributed by atoms with van der Waals surface area (Å²) in [6.07, 6.45) is 0.681. The molecule has 0 spiro atoms. The number of nitrogens with one attached hydrogen (secondary N) is 1. The van der Waals surface area contributed by atoms with Crippen molar-refractivity contribution >= 4 is 11.6 Å². The lowest BCUT2D eigenvalue weighted by molar-refractivity contribution is 0.0482. The number of aliphatic hydroxyl groups is 1. The Hall–Kier alpha value is -0.570. The number of rotatable bonds is 5. The predicted molar refractivity (Wildman–Crippen MR) is 68.9 cm³/mol. The molecule has 0 heterocycles. The first-order valence-corrected chi connectivity index (χ1v) is 6.05. The molecule has 0 amide bonds. The highest BCUT2D eigenvalue weighted by Crippen LogP contribution is 2.27. The van der Waals surface area contributed by atoms with Gasteiger partial charge in [0, 0.05) is 5.02 Å². The van der Waals surface area contributed by atoms with Crippen LogP contribution in [0.3, 0.4) is 0 Å². The monoisotopic (exact) mass is 241 g/mol. The molecule has 16 heavy (non-hydrogen) atoms. The molecule has 3 heteroatoms. The quantitative estimate of drug-likeness (QED) is 0.777. The van der Waals surface area contributed by atoms with Crippen molar-refractivity contribution in [1.29, 1.82) is 0 Å². The lowest BCUT2D eigenvalue weighted by Gasteiger charge is -2.24. The molecular formula is C13H20ClNO. The second-order valence-electron chi connectivity index (χ2n) is 4.34. The van der Waals surface area contributed by atoms with Crippen molar-refractivity contribution in [3.63, 3.8) is 0 Å². The van der Waals surface area contributed by atoms with Crippen LogP contribution in [0.2, 0.25) is 5.02 Å². The van der Waals surface area contributed by atoms with Crippen molar-refractivity contribution < 1.29 is 5.11 Å². The number of hydrogen-bond donors (Lipinski definition) is 2. The SMILES string of the molecule is CCNCCC(C)(O)c1ccc(C)c(Cl)c1. The third-order valence-electron chi connectivity index (χ3n) is 2.83. The van der Waals surface area contributed by atoms with E-state index in [0.717, 1.165) is 24.2 Å². The van der Waals surface area contributed by atoms with Gasteiger partial charge in [-0.05, 0) is 50.6 Å². The summed E-state index contributed by atoms with van der Waals surface area (Å²) in [6, 6.07) is 5.73. The highest BCUT2D eigenvalue weighted by Gasteiger charge is 2.22. The molecule has 1 aromatic carbocycles. The van der Waals surface area contributed by atoms with Crippen molar-refractivity contribution in [3.05, 3.63) is 34.3 Å². The predicted octanol–water partition coefficient (Wildman–Crippen LogP) is 2.86. The Bertz CT molecular complexity index is 350. The van der Waals surface area contributed by atoms with Crippen LogP contribution >= 0.6 is 11.6 Å². The first-order valence-electron chi connectivity index (χ1n) is 5.67. The third kappa shape index (κ3) is 3.48. The topological polar surface area (TPSA) is 32.3 Å². The first-order chi connectivity index (χ1) is 7.47. The van der Waals surface area contributed by atoms with Crippen LogP contribution in [-0.2, 0) is 5.60 Å². The molecule has 2 nitrogen and oxygen atoms in total. The first kappa shape index (κ1) is 13.5. The summed E-state index contributed by atoms with van der Waals surface area (Å²) in [6.45, 7) is 7.56. The number of benzene rings is 1. The Morgan fingerprint density at radius 3 is 2.69 bits per heavy atom. The van der Waals surface area contributed by atoms with Crippen LogP contribution in [0.1, 0.15) is 31.4 Å². The Balaban J connectivity index is 2.76. The summed E-state index contributed by atoms with van der Waals surface area (Å²) >= 11 is 6.05. The van der Waals surface area contributed by atoms with Gasteiger partial charge < -0.3 is 10.4 Å². The van der Waals surface area contributed by atoms with Gasteiger partial charge in [-0.2, -0.15) is 0 Å². The maximum Gasteiger partial charge on any atom is 0.0881 e. The summed E-state index contributed by atoms with van der Waals surface area (Å²) in [4.78, 5) is 0. The van der Waals surface area contributed by atoms with E-state index in [1.54, 1.807) is 0 Å². The van der Waals surface area contributed by atoms with Crippen LogP contribution in [0.25, 0.3) is 0 Å². The molecule has 0 aliphatic carbocycles.